The molecule has 0 saturated heterocycles. The zero-order valence-electron chi connectivity index (χ0n) is 9.93. The van der Waals surface area contributed by atoms with E-state index in [1.54, 1.807) is 13.3 Å². The number of methoxy groups -OCH3 is 1. The summed E-state index contributed by atoms with van der Waals surface area (Å²) in [6, 6.07) is 15.7. The third-order valence-corrected chi connectivity index (χ3v) is 3.33. The smallest absolute Gasteiger partial charge is 0.128 e. The van der Waals surface area contributed by atoms with E-state index in [0.29, 0.717) is 0 Å². The molecule has 4 heteroatoms. The van der Waals surface area contributed by atoms with E-state index in [-0.39, 0.29) is 0 Å². The maximum Gasteiger partial charge on any atom is 0.128 e. The molecule has 0 heterocycles. The normalized spacial score (nSPS) is 10.6. The number of rotatable bonds is 4. The van der Waals surface area contributed by atoms with Crippen molar-refractivity contribution in [3.63, 3.8) is 0 Å². The average Bonchev–Trinajstić information content (AvgIpc) is 2.41. The molecule has 2 rings (SSSR count). The van der Waals surface area contributed by atoms with Gasteiger partial charge in [0, 0.05) is 9.13 Å². The minimum atomic E-state index is 0.820. The predicted octanol–water partition coefficient (Wildman–Crippen LogP) is 3.75. The van der Waals surface area contributed by atoms with Gasteiger partial charge in [-0.15, -0.1) is 0 Å². The second kappa shape index (κ2) is 6.39. The highest BCUT2D eigenvalue weighted by atomic mass is 127. The Kier molecular flexibility index (Phi) is 4.58. The van der Waals surface area contributed by atoms with Gasteiger partial charge < -0.3 is 4.74 Å². The molecule has 0 fully saturated rings. The van der Waals surface area contributed by atoms with Crippen LogP contribution in [0, 0.1) is 3.57 Å². The largest absolute Gasteiger partial charge is 0.496 e. The van der Waals surface area contributed by atoms with Gasteiger partial charge in [0.25, 0.3) is 0 Å². The Morgan fingerprint density at radius 3 is 2.61 bits per heavy atom. The van der Waals surface area contributed by atoms with Crippen molar-refractivity contribution >= 4 is 34.5 Å². The van der Waals surface area contributed by atoms with E-state index >= 15 is 0 Å². The molecule has 0 atom stereocenters. The molecule has 0 radical (unpaired) electrons. The Balaban J connectivity index is 2.14. The number of halogens is 1. The van der Waals surface area contributed by atoms with Crippen LogP contribution in [0.25, 0.3) is 0 Å². The summed E-state index contributed by atoms with van der Waals surface area (Å²) < 4.78 is 6.41. The summed E-state index contributed by atoms with van der Waals surface area (Å²) in [5, 5.41) is 4.22. The lowest BCUT2D eigenvalue weighted by molar-refractivity contribution is 0.414. The quantitative estimate of drug-likeness (QED) is 0.517. The van der Waals surface area contributed by atoms with E-state index in [2.05, 4.69) is 33.1 Å². The van der Waals surface area contributed by atoms with Gasteiger partial charge >= 0.3 is 0 Å². The third kappa shape index (κ3) is 3.22. The number of benzene rings is 2. The summed E-state index contributed by atoms with van der Waals surface area (Å²) in [6.07, 6.45) is 1.77. The summed E-state index contributed by atoms with van der Waals surface area (Å²) in [7, 11) is 1.66. The van der Waals surface area contributed by atoms with Crippen LogP contribution >= 0.6 is 22.6 Å². The first-order valence-corrected chi connectivity index (χ1v) is 6.56. The van der Waals surface area contributed by atoms with Crippen LogP contribution < -0.4 is 10.2 Å². The molecule has 0 unspecified atom stereocenters. The van der Waals surface area contributed by atoms with Crippen molar-refractivity contribution in [1.82, 2.24) is 0 Å². The Morgan fingerprint density at radius 1 is 1.11 bits per heavy atom. The predicted molar refractivity (Wildman–Crippen MR) is 83.4 cm³/mol. The molecule has 1 N–H and O–H groups in total. The van der Waals surface area contributed by atoms with Crippen molar-refractivity contribution in [1.29, 1.82) is 0 Å². The Labute approximate surface area is 120 Å². The number of nitrogens with one attached hydrogen (secondary N) is 1. The van der Waals surface area contributed by atoms with Gasteiger partial charge in [-0.05, 0) is 46.9 Å². The highest BCUT2D eigenvalue weighted by Crippen LogP contribution is 2.21. The van der Waals surface area contributed by atoms with Gasteiger partial charge in [-0.25, -0.2) is 0 Å². The summed E-state index contributed by atoms with van der Waals surface area (Å²) >= 11 is 2.26. The van der Waals surface area contributed by atoms with Gasteiger partial charge in [0.15, 0.2) is 0 Å². The molecule has 0 aliphatic rings. The third-order valence-electron chi connectivity index (χ3n) is 2.39. The second-order valence-electron chi connectivity index (χ2n) is 3.59. The lowest BCUT2D eigenvalue weighted by Gasteiger charge is -2.06. The van der Waals surface area contributed by atoms with Crippen molar-refractivity contribution in [3.8, 4) is 5.75 Å². The lowest BCUT2D eigenvalue weighted by Crippen LogP contribution is -1.96. The highest BCUT2D eigenvalue weighted by Gasteiger charge is 2.03. The number of ether oxygens (including phenoxy) is 1. The van der Waals surface area contributed by atoms with Gasteiger partial charge in [0.2, 0.25) is 0 Å². The first-order chi connectivity index (χ1) is 8.81. The van der Waals surface area contributed by atoms with Crippen LogP contribution in [0.2, 0.25) is 0 Å². The molecule has 0 aliphatic carbocycles. The van der Waals surface area contributed by atoms with Crippen LogP contribution in [0.4, 0.5) is 5.69 Å². The topological polar surface area (TPSA) is 33.6 Å². The molecule has 18 heavy (non-hydrogen) atoms. The zero-order chi connectivity index (χ0) is 12.8. The summed E-state index contributed by atoms with van der Waals surface area (Å²) in [5.74, 6) is 0.820. The maximum absolute atomic E-state index is 5.31. The molecule has 0 spiro atoms. The fraction of sp³-hybridized carbons (Fsp3) is 0.0714. The minimum absolute atomic E-state index is 0.820. The van der Waals surface area contributed by atoms with Gasteiger partial charge in [-0.1, -0.05) is 24.3 Å². The first kappa shape index (κ1) is 12.9. The first-order valence-electron chi connectivity index (χ1n) is 5.48. The van der Waals surface area contributed by atoms with Crippen LogP contribution in [-0.2, 0) is 0 Å². The van der Waals surface area contributed by atoms with Crippen molar-refractivity contribution in [2.75, 3.05) is 12.5 Å². The fourth-order valence-corrected chi connectivity index (χ4v) is 2.12. The van der Waals surface area contributed by atoms with E-state index in [4.69, 9.17) is 4.74 Å². The number of hydrazone groups is 1. The molecule has 0 bridgehead atoms. The van der Waals surface area contributed by atoms with Crippen LogP contribution in [0.5, 0.6) is 5.75 Å². The SMILES string of the molecule is COc1cccc(I)c1C=NNc1ccccc1. The molecular weight excluding hydrogens is 339 g/mol. The molecule has 2 aromatic carbocycles. The van der Waals surface area contributed by atoms with Crippen LogP contribution in [-0.4, -0.2) is 13.3 Å². The van der Waals surface area contributed by atoms with Gasteiger partial charge in [-0.3, -0.25) is 5.43 Å². The Bertz CT molecular complexity index is 541. The number of hydrogen-bond donors (Lipinski definition) is 1. The number of anilines is 1. The van der Waals surface area contributed by atoms with Crippen LogP contribution in [0.1, 0.15) is 5.56 Å². The van der Waals surface area contributed by atoms with E-state index < -0.39 is 0 Å². The second-order valence-corrected chi connectivity index (χ2v) is 4.75. The standard InChI is InChI=1S/C14H13IN2O/c1-18-14-9-5-8-13(15)12(14)10-16-17-11-6-3-2-4-7-11/h2-10,17H,1H3. The van der Waals surface area contributed by atoms with Crippen LogP contribution in [0.15, 0.2) is 53.6 Å². The highest BCUT2D eigenvalue weighted by molar-refractivity contribution is 14.1. The van der Waals surface area contributed by atoms with Crippen molar-refractivity contribution in [2.24, 2.45) is 5.10 Å². The zero-order valence-corrected chi connectivity index (χ0v) is 12.1. The van der Waals surface area contributed by atoms with Crippen molar-refractivity contribution < 1.29 is 4.74 Å². The molecule has 0 aliphatic heterocycles. The Morgan fingerprint density at radius 2 is 1.89 bits per heavy atom. The fourth-order valence-electron chi connectivity index (χ4n) is 1.50. The number of nitrogens with zero attached hydrogens (tertiary/aromatic N) is 1. The van der Waals surface area contributed by atoms with Gasteiger partial charge in [0.05, 0.1) is 19.0 Å². The molecule has 3 nitrogen and oxygen atoms in total. The molecule has 0 amide bonds. The lowest BCUT2D eigenvalue weighted by atomic mass is 10.2. The summed E-state index contributed by atoms with van der Waals surface area (Å²) in [4.78, 5) is 0. The minimum Gasteiger partial charge on any atom is -0.496 e. The van der Waals surface area contributed by atoms with E-state index in [9.17, 15) is 0 Å². The monoisotopic (exact) mass is 352 g/mol. The molecule has 92 valence electrons. The molecule has 0 aromatic heterocycles. The van der Waals surface area contributed by atoms with Crippen LogP contribution in [0.3, 0.4) is 0 Å². The van der Waals surface area contributed by atoms with E-state index in [1.165, 1.54) is 0 Å². The molecule has 2 aromatic rings. The van der Waals surface area contributed by atoms with Gasteiger partial charge in [0.1, 0.15) is 5.75 Å². The number of para-hydroxylation sites is 1. The van der Waals surface area contributed by atoms with E-state index in [1.807, 2.05) is 48.5 Å². The molecular formula is C14H13IN2O. The van der Waals surface area contributed by atoms with Gasteiger partial charge in [-0.2, -0.15) is 5.10 Å². The van der Waals surface area contributed by atoms with E-state index in [0.717, 1.165) is 20.6 Å². The van der Waals surface area contributed by atoms with Crippen molar-refractivity contribution in [2.45, 2.75) is 0 Å². The summed E-state index contributed by atoms with van der Waals surface area (Å²) in [5.41, 5.74) is 4.92. The maximum atomic E-state index is 5.31. The average molecular weight is 352 g/mol. The Hall–Kier alpha value is -1.56. The number of hydrogen-bond acceptors (Lipinski definition) is 3. The van der Waals surface area contributed by atoms with Crippen molar-refractivity contribution in [3.05, 3.63) is 57.7 Å². The summed E-state index contributed by atoms with van der Waals surface area (Å²) in [6.45, 7) is 0. The molecule has 0 saturated carbocycles.